The van der Waals surface area contributed by atoms with Crippen LogP contribution in [0.1, 0.15) is 5.82 Å². The van der Waals surface area contributed by atoms with Gasteiger partial charge in [-0.1, -0.05) is 0 Å². The van der Waals surface area contributed by atoms with E-state index >= 15 is 0 Å². The number of rotatable bonds is 5. The largest absolute Gasteiger partial charge is 0.493 e. The van der Waals surface area contributed by atoms with Crippen LogP contribution >= 0.6 is 0 Å². The molecule has 0 radical (unpaired) electrons. The number of nitrogens with one attached hydrogen (secondary N) is 2. The van der Waals surface area contributed by atoms with E-state index in [1.807, 2.05) is 0 Å². The summed E-state index contributed by atoms with van der Waals surface area (Å²) in [5.74, 6) is 1.26. The second-order valence-corrected chi connectivity index (χ2v) is 5.55. The Balaban J connectivity index is 2.34. The second-order valence-electron chi connectivity index (χ2n) is 3.87. The van der Waals surface area contributed by atoms with Gasteiger partial charge in [0.2, 0.25) is 0 Å². The van der Waals surface area contributed by atoms with Gasteiger partial charge in [0.25, 0.3) is 16.0 Å². The number of anilines is 1. The first kappa shape index (κ1) is 14.1. The number of aryl methyl sites for hydroxylation is 1. The van der Waals surface area contributed by atoms with Crippen LogP contribution in [0.15, 0.2) is 23.1 Å². The maximum absolute atomic E-state index is 12.2. The van der Waals surface area contributed by atoms with E-state index in [0.717, 1.165) is 0 Å². The zero-order valence-corrected chi connectivity index (χ0v) is 12.0. The Morgan fingerprint density at radius 2 is 1.90 bits per heavy atom. The van der Waals surface area contributed by atoms with E-state index in [2.05, 4.69) is 19.9 Å². The van der Waals surface area contributed by atoms with E-state index in [1.54, 1.807) is 6.92 Å². The van der Waals surface area contributed by atoms with Crippen molar-refractivity contribution in [3.8, 4) is 11.5 Å². The summed E-state index contributed by atoms with van der Waals surface area (Å²) in [5.41, 5.74) is 0. The number of H-pyrrole nitrogens is 1. The number of hydrogen-bond donors (Lipinski definition) is 2. The van der Waals surface area contributed by atoms with Crippen LogP contribution in [0.2, 0.25) is 0 Å². The minimum atomic E-state index is -3.79. The van der Waals surface area contributed by atoms with Gasteiger partial charge in [-0.15, -0.1) is 5.10 Å². The number of methoxy groups -OCH3 is 2. The van der Waals surface area contributed by atoms with Crippen LogP contribution < -0.4 is 14.2 Å². The third kappa shape index (κ3) is 2.82. The lowest BCUT2D eigenvalue weighted by Gasteiger charge is -2.10. The fraction of sp³-hybridized carbons (Fsp3) is 0.273. The maximum atomic E-state index is 12.2. The molecule has 9 heteroatoms. The normalized spacial score (nSPS) is 11.2. The van der Waals surface area contributed by atoms with E-state index in [4.69, 9.17) is 9.47 Å². The molecule has 2 rings (SSSR count). The number of aromatic nitrogens is 3. The lowest BCUT2D eigenvalue weighted by molar-refractivity contribution is 0.354. The average molecular weight is 298 g/mol. The highest BCUT2D eigenvalue weighted by molar-refractivity contribution is 7.92. The summed E-state index contributed by atoms with van der Waals surface area (Å²) in [6.45, 7) is 1.67. The summed E-state index contributed by atoms with van der Waals surface area (Å²) in [6, 6.07) is 4.28. The lowest BCUT2D eigenvalue weighted by atomic mass is 10.3. The highest BCUT2D eigenvalue weighted by Crippen LogP contribution is 2.29. The number of nitrogens with zero attached hydrogens (tertiary/aromatic N) is 2. The molecule has 0 bridgehead atoms. The van der Waals surface area contributed by atoms with Gasteiger partial charge in [-0.2, -0.15) is 4.98 Å². The molecular weight excluding hydrogens is 284 g/mol. The van der Waals surface area contributed by atoms with Gasteiger partial charge < -0.3 is 9.47 Å². The summed E-state index contributed by atoms with van der Waals surface area (Å²) in [5, 5.41) is 6.27. The molecule has 1 aromatic heterocycles. The molecule has 0 unspecified atom stereocenters. The van der Waals surface area contributed by atoms with Gasteiger partial charge in [-0.3, -0.25) is 5.10 Å². The van der Waals surface area contributed by atoms with Crippen molar-refractivity contribution in [3.05, 3.63) is 24.0 Å². The molecule has 0 atom stereocenters. The van der Waals surface area contributed by atoms with Crippen molar-refractivity contribution in [2.75, 3.05) is 18.9 Å². The smallest absolute Gasteiger partial charge is 0.264 e. The summed E-state index contributed by atoms with van der Waals surface area (Å²) in [4.78, 5) is 3.91. The number of hydrogen-bond acceptors (Lipinski definition) is 6. The van der Waals surface area contributed by atoms with E-state index in [0.29, 0.717) is 17.3 Å². The van der Waals surface area contributed by atoms with E-state index in [9.17, 15) is 8.42 Å². The van der Waals surface area contributed by atoms with E-state index in [-0.39, 0.29) is 10.8 Å². The van der Waals surface area contributed by atoms with E-state index in [1.165, 1.54) is 32.4 Å². The van der Waals surface area contributed by atoms with Crippen molar-refractivity contribution >= 4 is 16.0 Å². The average Bonchev–Trinajstić information content (AvgIpc) is 2.82. The molecule has 1 aromatic carbocycles. The fourth-order valence-corrected chi connectivity index (χ4v) is 2.51. The van der Waals surface area contributed by atoms with Crippen molar-refractivity contribution in [3.63, 3.8) is 0 Å². The van der Waals surface area contributed by atoms with Crippen LogP contribution in [0.5, 0.6) is 11.5 Å². The molecule has 2 N–H and O–H groups in total. The molecule has 0 amide bonds. The Hall–Kier alpha value is -2.29. The van der Waals surface area contributed by atoms with Crippen molar-refractivity contribution in [2.24, 2.45) is 0 Å². The molecule has 108 valence electrons. The van der Waals surface area contributed by atoms with Gasteiger partial charge in [0, 0.05) is 6.07 Å². The van der Waals surface area contributed by atoms with Crippen LogP contribution in [0.3, 0.4) is 0 Å². The fourth-order valence-electron chi connectivity index (χ4n) is 1.55. The van der Waals surface area contributed by atoms with Gasteiger partial charge in [0.15, 0.2) is 11.5 Å². The van der Waals surface area contributed by atoms with Gasteiger partial charge in [0.1, 0.15) is 5.82 Å². The predicted molar refractivity (Wildman–Crippen MR) is 71.5 cm³/mol. The van der Waals surface area contributed by atoms with Gasteiger partial charge >= 0.3 is 0 Å². The molecule has 0 spiro atoms. The minimum absolute atomic E-state index is 0.0164. The molecule has 0 saturated heterocycles. The Kier molecular flexibility index (Phi) is 3.79. The molecule has 8 nitrogen and oxygen atoms in total. The minimum Gasteiger partial charge on any atom is -0.493 e. The zero-order valence-electron chi connectivity index (χ0n) is 11.2. The summed E-state index contributed by atoms with van der Waals surface area (Å²) in [7, 11) is -0.884. The monoisotopic (exact) mass is 298 g/mol. The number of aromatic amines is 1. The lowest BCUT2D eigenvalue weighted by Crippen LogP contribution is -2.14. The SMILES string of the molecule is COc1ccc(S(=O)(=O)Nc2n[nH]c(C)n2)cc1OC. The summed E-state index contributed by atoms with van der Waals surface area (Å²) < 4.78 is 36.7. The first-order valence-corrected chi connectivity index (χ1v) is 7.08. The first-order chi connectivity index (χ1) is 9.46. The number of ether oxygens (including phenoxy) is 2. The second kappa shape index (κ2) is 5.37. The topological polar surface area (TPSA) is 106 Å². The molecule has 0 saturated carbocycles. The van der Waals surface area contributed by atoms with Gasteiger partial charge in [-0.05, 0) is 19.1 Å². The standard InChI is InChI=1S/C11H14N4O4S/c1-7-12-11(14-13-7)15-20(16,17)8-4-5-9(18-2)10(6-8)19-3/h4-6H,1-3H3,(H2,12,13,14,15). The van der Waals surface area contributed by atoms with Crippen molar-refractivity contribution in [1.82, 2.24) is 15.2 Å². The Morgan fingerprint density at radius 1 is 1.20 bits per heavy atom. The molecule has 0 aliphatic rings. The zero-order chi connectivity index (χ0) is 14.8. The van der Waals surface area contributed by atoms with Gasteiger partial charge in [0.05, 0.1) is 19.1 Å². The molecular formula is C11H14N4O4S. The Labute approximate surface area is 116 Å². The third-order valence-corrected chi connectivity index (χ3v) is 3.81. The molecule has 20 heavy (non-hydrogen) atoms. The van der Waals surface area contributed by atoms with Crippen molar-refractivity contribution in [1.29, 1.82) is 0 Å². The highest BCUT2D eigenvalue weighted by atomic mass is 32.2. The Bertz CT molecular complexity index is 711. The number of benzene rings is 1. The van der Waals surface area contributed by atoms with Crippen LogP contribution in [0.25, 0.3) is 0 Å². The first-order valence-electron chi connectivity index (χ1n) is 5.60. The summed E-state index contributed by atoms with van der Waals surface area (Å²) in [6.07, 6.45) is 0. The van der Waals surface area contributed by atoms with E-state index < -0.39 is 10.0 Å². The molecule has 0 fully saturated rings. The Morgan fingerprint density at radius 3 is 2.45 bits per heavy atom. The quantitative estimate of drug-likeness (QED) is 0.850. The van der Waals surface area contributed by atoms with Crippen molar-refractivity contribution < 1.29 is 17.9 Å². The van der Waals surface area contributed by atoms with Crippen molar-refractivity contribution in [2.45, 2.75) is 11.8 Å². The van der Waals surface area contributed by atoms with Crippen LogP contribution in [0.4, 0.5) is 5.95 Å². The highest BCUT2D eigenvalue weighted by Gasteiger charge is 2.18. The summed E-state index contributed by atoms with van der Waals surface area (Å²) >= 11 is 0. The predicted octanol–water partition coefficient (Wildman–Crippen LogP) is 0.931. The molecule has 1 heterocycles. The number of sulfonamides is 1. The molecule has 2 aromatic rings. The van der Waals surface area contributed by atoms with Crippen LogP contribution in [-0.4, -0.2) is 37.8 Å². The third-order valence-electron chi connectivity index (χ3n) is 2.49. The maximum Gasteiger partial charge on any atom is 0.264 e. The van der Waals surface area contributed by atoms with Crippen LogP contribution in [0, 0.1) is 6.92 Å². The molecule has 0 aliphatic carbocycles. The molecule has 0 aliphatic heterocycles. The van der Waals surface area contributed by atoms with Gasteiger partial charge in [-0.25, -0.2) is 13.1 Å². The van der Waals surface area contributed by atoms with Crippen LogP contribution in [-0.2, 0) is 10.0 Å².